The maximum Gasteiger partial charge on any atom is 0.147 e. The summed E-state index contributed by atoms with van der Waals surface area (Å²) in [5.41, 5.74) is 3.35. The predicted octanol–water partition coefficient (Wildman–Crippen LogP) is 1.60. The molecule has 1 N–H and O–H groups in total. The van der Waals surface area contributed by atoms with E-state index < -0.39 is 9.84 Å². The number of nitrogens with zero attached hydrogens (tertiary/aromatic N) is 1. The summed E-state index contributed by atoms with van der Waals surface area (Å²) in [6.07, 6.45) is 4.39. The monoisotopic (exact) mass is 271 g/mol. The van der Waals surface area contributed by atoms with E-state index in [0.29, 0.717) is 6.42 Å². The van der Waals surface area contributed by atoms with Gasteiger partial charge in [-0.2, -0.15) is 0 Å². The lowest BCUT2D eigenvalue weighted by Gasteiger charge is -2.20. The Balaban J connectivity index is 2.14. The topological polar surface area (TPSA) is 59.3 Å². The van der Waals surface area contributed by atoms with Crippen molar-refractivity contribution in [3.8, 4) is 0 Å². The highest BCUT2D eigenvalue weighted by atomic mass is 32.2. The largest absolute Gasteiger partial charge is 0.388 e. The number of hydrogen-bond acceptors (Lipinski definition) is 3. The lowest BCUT2D eigenvalue weighted by atomic mass is 9.95. The number of aliphatic hydroxyl groups is 1. The third kappa shape index (κ3) is 2.95. The SMILES string of the molecule is Cc1cc2c(n1CCCS(C)(=O)=O)CCCC2O. The van der Waals surface area contributed by atoms with E-state index in [4.69, 9.17) is 0 Å². The van der Waals surface area contributed by atoms with Crippen molar-refractivity contribution in [1.82, 2.24) is 4.57 Å². The number of hydrogen-bond donors (Lipinski definition) is 1. The van der Waals surface area contributed by atoms with Crippen LogP contribution in [-0.2, 0) is 22.8 Å². The smallest absolute Gasteiger partial charge is 0.147 e. The first-order valence-corrected chi connectivity index (χ1v) is 8.49. The Bertz CT molecular complexity index is 531. The first-order valence-electron chi connectivity index (χ1n) is 6.43. The third-order valence-electron chi connectivity index (χ3n) is 3.60. The fraction of sp³-hybridized carbons (Fsp3) is 0.692. The van der Waals surface area contributed by atoms with Crippen molar-refractivity contribution in [2.45, 2.75) is 45.3 Å². The normalized spacial score (nSPS) is 19.8. The fourth-order valence-electron chi connectivity index (χ4n) is 2.74. The second-order valence-electron chi connectivity index (χ2n) is 5.23. The van der Waals surface area contributed by atoms with E-state index >= 15 is 0 Å². The summed E-state index contributed by atoms with van der Waals surface area (Å²) in [6.45, 7) is 2.74. The second kappa shape index (κ2) is 5.05. The van der Waals surface area contributed by atoms with Crippen molar-refractivity contribution in [2.75, 3.05) is 12.0 Å². The summed E-state index contributed by atoms with van der Waals surface area (Å²) in [5.74, 6) is 0.224. The van der Waals surface area contributed by atoms with Crippen LogP contribution in [0.5, 0.6) is 0 Å². The molecule has 1 unspecified atom stereocenters. The van der Waals surface area contributed by atoms with Crippen LogP contribution in [-0.4, -0.2) is 30.1 Å². The zero-order chi connectivity index (χ0) is 13.3. The molecule has 0 saturated carbocycles. The summed E-state index contributed by atoms with van der Waals surface area (Å²) >= 11 is 0. The van der Waals surface area contributed by atoms with E-state index in [1.807, 2.05) is 13.0 Å². The Labute approximate surface area is 109 Å². The molecule has 0 amide bonds. The number of aryl methyl sites for hydroxylation is 1. The molecule has 18 heavy (non-hydrogen) atoms. The predicted molar refractivity (Wildman–Crippen MR) is 71.4 cm³/mol. The minimum Gasteiger partial charge on any atom is -0.388 e. The molecule has 0 fully saturated rings. The summed E-state index contributed by atoms with van der Waals surface area (Å²) in [4.78, 5) is 0. The van der Waals surface area contributed by atoms with Crippen molar-refractivity contribution < 1.29 is 13.5 Å². The molecule has 1 aliphatic rings. The first kappa shape index (κ1) is 13.6. The van der Waals surface area contributed by atoms with Crippen molar-refractivity contribution >= 4 is 9.84 Å². The van der Waals surface area contributed by atoms with Gasteiger partial charge in [-0.1, -0.05) is 0 Å². The number of fused-ring (bicyclic) bond motifs is 1. The summed E-state index contributed by atoms with van der Waals surface area (Å²) in [6, 6.07) is 2.04. The number of sulfone groups is 1. The van der Waals surface area contributed by atoms with Crippen LogP contribution in [0.1, 0.15) is 42.3 Å². The maximum atomic E-state index is 11.1. The van der Waals surface area contributed by atoms with Gasteiger partial charge in [0.25, 0.3) is 0 Å². The molecule has 4 nitrogen and oxygen atoms in total. The van der Waals surface area contributed by atoms with Gasteiger partial charge in [0.15, 0.2) is 0 Å². The van der Waals surface area contributed by atoms with E-state index in [9.17, 15) is 13.5 Å². The van der Waals surface area contributed by atoms with Crippen LogP contribution in [0, 0.1) is 6.92 Å². The van der Waals surface area contributed by atoms with Crippen molar-refractivity contribution in [3.63, 3.8) is 0 Å². The minimum absolute atomic E-state index is 0.224. The van der Waals surface area contributed by atoms with Gasteiger partial charge in [0.05, 0.1) is 11.9 Å². The second-order valence-corrected chi connectivity index (χ2v) is 7.49. The highest BCUT2D eigenvalue weighted by Gasteiger charge is 2.22. The lowest BCUT2D eigenvalue weighted by molar-refractivity contribution is 0.155. The van der Waals surface area contributed by atoms with Gasteiger partial charge in [-0.25, -0.2) is 8.42 Å². The highest BCUT2D eigenvalue weighted by Crippen LogP contribution is 2.32. The van der Waals surface area contributed by atoms with Crippen LogP contribution in [0.25, 0.3) is 0 Å². The maximum absolute atomic E-state index is 11.1. The summed E-state index contributed by atoms with van der Waals surface area (Å²) < 4.78 is 24.4. The van der Waals surface area contributed by atoms with Crippen LogP contribution in [0.2, 0.25) is 0 Å². The van der Waals surface area contributed by atoms with Gasteiger partial charge in [0, 0.05) is 29.8 Å². The van der Waals surface area contributed by atoms with Crippen LogP contribution >= 0.6 is 0 Å². The zero-order valence-electron chi connectivity index (χ0n) is 11.0. The standard InChI is InChI=1S/C13H21NO3S/c1-10-9-11-12(5-3-6-13(11)15)14(10)7-4-8-18(2,16)17/h9,13,15H,3-8H2,1-2H3. The van der Waals surface area contributed by atoms with Gasteiger partial charge in [-0.15, -0.1) is 0 Å². The van der Waals surface area contributed by atoms with Crippen molar-refractivity contribution in [1.29, 1.82) is 0 Å². The number of rotatable bonds is 4. The Morgan fingerprint density at radius 3 is 2.89 bits per heavy atom. The third-order valence-corrected chi connectivity index (χ3v) is 4.63. The molecule has 0 bridgehead atoms. The van der Waals surface area contributed by atoms with E-state index in [0.717, 1.165) is 37.1 Å². The fourth-order valence-corrected chi connectivity index (χ4v) is 3.39. The molecule has 1 aliphatic carbocycles. The Kier molecular flexibility index (Phi) is 3.82. The van der Waals surface area contributed by atoms with Crippen LogP contribution < -0.4 is 0 Å². The molecular weight excluding hydrogens is 250 g/mol. The molecule has 1 aromatic heterocycles. The molecule has 1 atom stereocenters. The van der Waals surface area contributed by atoms with Crippen LogP contribution in [0.4, 0.5) is 0 Å². The molecule has 2 rings (SSSR count). The zero-order valence-corrected chi connectivity index (χ0v) is 11.8. The highest BCUT2D eigenvalue weighted by molar-refractivity contribution is 7.90. The molecule has 0 aliphatic heterocycles. The van der Waals surface area contributed by atoms with Gasteiger partial charge in [0.1, 0.15) is 9.84 Å². The summed E-state index contributed by atoms with van der Waals surface area (Å²) in [7, 11) is -2.88. The molecule has 102 valence electrons. The van der Waals surface area contributed by atoms with Crippen molar-refractivity contribution in [3.05, 3.63) is 23.0 Å². The van der Waals surface area contributed by atoms with E-state index in [1.54, 1.807) is 0 Å². The minimum atomic E-state index is -2.88. The van der Waals surface area contributed by atoms with Crippen molar-refractivity contribution in [2.24, 2.45) is 0 Å². The number of aromatic nitrogens is 1. The van der Waals surface area contributed by atoms with Gasteiger partial charge in [-0.3, -0.25) is 0 Å². The number of aliphatic hydroxyl groups excluding tert-OH is 1. The van der Waals surface area contributed by atoms with Gasteiger partial charge < -0.3 is 9.67 Å². The van der Waals surface area contributed by atoms with Gasteiger partial charge in [-0.05, 0) is 38.7 Å². The Morgan fingerprint density at radius 2 is 2.22 bits per heavy atom. The van der Waals surface area contributed by atoms with E-state index in [-0.39, 0.29) is 11.9 Å². The van der Waals surface area contributed by atoms with E-state index in [2.05, 4.69) is 4.57 Å². The molecule has 1 heterocycles. The quantitative estimate of drug-likeness (QED) is 0.905. The van der Waals surface area contributed by atoms with Crippen LogP contribution in [0.15, 0.2) is 6.07 Å². The first-order chi connectivity index (χ1) is 8.38. The molecule has 0 aromatic carbocycles. The van der Waals surface area contributed by atoms with Gasteiger partial charge in [0.2, 0.25) is 0 Å². The lowest BCUT2D eigenvalue weighted by Crippen LogP contribution is -2.14. The average Bonchev–Trinajstić information content (AvgIpc) is 2.56. The molecule has 0 saturated heterocycles. The summed E-state index contributed by atoms with van der Waals surface area (Å²) in [5, 5.41) is 9.94. The van der Waals surface area contributed by atoms with Crippen LogP contribution in [0.3, 0.4) is 0 Å². The molecule has 1 aromatic rings. The van der Waals surface area contributed by atoms with Gasteiger partial charge >= 0.3 is 0 Å². The average molecular weight is 271 g/mol. The Morgan fingerprint density at radius 1 is 1.50 bits per heavy atom. The molecule has 0 spiro atoms. The molecular formula is C13H21NO3S. The molecule has 5 heteroatoms. The molecule has 0 radical (unpaired) electrons. The van der Waals surface area contributed by atoms with E-state index in [1.165, 1.54) is 11.9 Å². The Hall–Kier alpha value is -0.810.